The molecule has 2 aromatic rings. The average Bonchev–Trinajstić information content (AvgIpc) is 2.80. The zero-order chi connectivity index (χ0) is 14.7. The summed E-state index contributed by atoms with van der Waals surface area (Å²) >= 11 is 4.88. The van der Waals surface area contributed by atoms with Crippen LogP contribution in [0.4, 0.5) is 0 Å². The maximum atomic E-state index is 12.2. The van der Waals surface area contributed by atoms with E-state index < -0.39 is 0 Å². The molecule has 2 rings (SSSR count). The number of hydrogen-bond donors (Lipinski definition) is 2. The van der Waals surface area contributed by atoms with Crippen molar-refractivity contribution in [1.82, 2.24) is 5.32 Å². The monoisotopic (exact) mass is 290 g/mol. The zero-order valence-corrected chi connectivity index (χ0v) is 12.4. The summed E-state index contributed by atoms with van der Waals surface area (Å²) in [6.07, 6.45) is 1.26. The predicted molar refractivity (Wildman–Crippen MR) is 83.9 cm³/mol. The van der Waals surface area contributed by atoms with Gasteiger partial charge < -0.3 is 15.5 Å². The van der Waals surface area contributed by atoms with E-state index in [1.165, 1.54) is 0 Å². The Balaban J connectivity index is 2.16. The van der Waals surface area contributed by atoms with Gasteiger partial charge in [-0.2, -0.15) is 0 Å². The van der Waals surface area contributed by atoms with Gasteiger partial charge in [-0.05, 0) is 31.5 Å². The van der Waals surface area contributed by atoms with Crippen LogP contribution in [0.15, 0.2) is 28.7 Å². The van der Waals surface area contributed by atoms with E-state index >= 15 is 0 Å². The van der Waals surface area contributed by atoms with Crippen molar-refractivity contribution in [3.8, 4) is 0 Å². The van der Waals surface area contributed by atoms with Crippen molar-refractivity contribution in [3.63, 3.8) is 0 Å². The van der Waals surface area contributed by atoms with Gasteiger partial charge in [0.1, 0.15) is 5.58 Å². The van der Waals surface area contributed by atoms with Gasteiger partial charge in [0.05, 0.1) is 4.99 Å². The van der Waals surface area contributed by atoms with Gasteiger partial charge in [-0.1, -0.05) is 30.8 Å². The van der Waals surface area contributed by atoms with Crippen molar-refractivity contribution < 1.29 is 9.21 Å². The van der Waals surface area contributed by atoms with Gasteiger partial charge in [-0.25, -0.2) is 0 Å². The van der Waals surface area contributed by atoms with E-state index in [1.807, 2.05) is 32.0 Å². The summed E-state index contributed by atoms with van der Waals surface area (Å²) in [6, 6.07) is 7.51. The van der Waals surface area contributed by atoms with Gasteiger partial charge in [-0.15, -0.1) is 0 Å². The van der Waals surface area contributed by atoms with E-state index in [2.05, 4.69) is 5.32 Å². The lowest BCUT2D eigenvalue weighted by Gasteiger charge is -2.14. The fourth-order valence-corrected chi connectivity index (χ4v) is 2.27. The lowest BCUT2D eigenvalue weighted by Crippen LogP contribution is -2.36. The minimum atomic E-state index is -0.234. The van der Waals surface area contributed by atoms with Crippen LogP contribution >= 0.6 is 12.2 Å². The van der Waals surface area contributed by atoms with Gasteiger partial charge in [-0.3, -0.25) is 4.79 Å². The second-order valence-electron chi connectivity index (χ2n) is 4.90. The Morgan fingerprint density at radius 3 is 2.85 bits per heavy atom. The number of amides is 1. The number of nitrogens with one attached hydrogen (secondary N) is 1. The maximum absolute atomic E-state index is 12.2. The number of benzene rings is 1. The first-order chi connectivity index (χ1) is 9.49. The van der Waals surface area contributed by atoms with E-state index in [0.717, 1.165) is 17.4 Å². The summed E-state index contributed by atoms with van der Waals surface area (Å²) in [4.78, 5) is 12.6. The Hall–Kier alpha value is -1.88. The van der Waals surface area contributed by atoms with E-state index in [0.29, 0.717) is 22.8 Å². The number of hydrogen-bond acceptors (Lipinski definition) is 3. The Labute approximate surface area is 123 Å². The molecule has 0 spiro atoms. The predicted octanol–water partition coefficient (Wildman–Crippen LogP) is 2.93. The molecule has 106 valence electrons. The van der Waals surface area contributed by atoms with Crippen LogP contribution in [0, 0.1) is 6.92 Å². The molecule has 3 N–H and O–H groups in total. The smallest absolute Gasteiger partial charge is 0.287 e. The molecule has 0 aliphatic carbocycles. The topological polar surface area (TPSA) is 68.3 Å². The van der Waals surface area contributed by atoms with Crippen molar-refractivity contribution in [2.24, 2.45) is 5.73 Å². The van der Waals surface area contributed by atoms with Crippen molar-refractivity contribution in [2.45, 2.75) is 32.7 Å². The Bertz CT molecular complexity index is 648. The van der Waals surface area contributed by atoms with Crippen molar-refractivity contribution in [3.05, 3.63) is 35.6 Å². The molecule has 0 aliphatic rings. The molecule has 0 saturated carbocycles. The number of aryl methyl sites for hydroxylation is 1. The SMILES string of the molecule is CCC(CC(N)=S)NC(=O)c1cc2cc(C)ccc2o1. The highest BCUT2D eigenvalue weighted by Crippen LogP contribution is 2.20. The number of fused-ring (bicyclic) bond motifs is 1. The van der Waals surface area contributed by atoms with Crippen molar-refractivity contribution >= 4 is 34.1 Å². The molecule has 0 aliphatic heterocycles. The molecule has 1 aromatic heterocycles. The van der Waals surface area contributed by atoms with E-state index in [9.17, 15) is 4.79 Å². The summed E-state index contributed by atoms with van der Waals surface area (Å²) in [7, 11) is 0. The molecule has 1 aromatic carbocycles. The molecule has 1 atom stereocenters. The normalized spacial score (nSPS) is 12.3. The van der Waals surface area contributed by atoms with Crippen LogP contribution in [0.3, 0.4) is 0 Å². The first kappa shape index (κ1) is 14.5. The van der Waals surface area contributed by atoms with Crippen molar-refractivity contribution in [1.29, 1.82) is 0 Å². The minimum Gasteiger partial charge on any atom is -0.451 e. The van der Waals surface area contributed by atoms with E-state index in [-0.39, 0.29) is 11.9 Å². The number of carbonyl (C=O) groups is 1. The number of carbonyl (C=O) groups excluding carboxylic acids is 1. The average molecular weight is 290 g/mol. The number of nitrogens with two attached hydrogens (primary N) is 1. The molecular formula is C15H18N2O2S. The highest BCUT2D eigenvalue weighted by atomic mass is 32.1. The molecule has 0 radical (unpaired) electrons. The van der Waals surface area contributed by atoms with Crippen LogP contribution in [-0.4, -0.2) is 16.9 Å². The third-order valence-corrected chi connectivity index (χ3v) is 3.34. The van der Waals surface area contributed by atoms with Gasteiger partial charge in [0, 0.05) is 17.8 Å². The van der Waals surface area contributed by atoms with Crippen LogP contribution in [0.2, 0.25) is 0 Å². The maximum Gasteiger partial charge on any atom is 0.287 e. The molecule has 5 heteroatoms. The van der Waals surface area contributed by atoms with E-state index in [1.54, 1.807) is 6.07 Å². The number of furan rings is 1. The molecule has 20 heavy (non-hydrogen) atoms. The molecule has 0 fully saturated rings. The summed E-state index contributed by atoms with van der Waals surface area (Å²) in [5, 5.41) is 3.82. The fourth-order valence-electron chi connectivity index (χ4n) is 2.07. The second-order valence-corrected chi connectivity index (χ2v) is 5.43. The summed E-state index contributed by atoms with van der Waals surface area (Å²) < 4.78 is 5.56. The number of thiocarbonyl (C=S) groups is 1. The highest BCUT2D eigenvalue weighted by molar-refractivity contribution is 7.80. The van der Waals surface area contributed by atoms with Gasteiger partial charge >= 0.3 is 0 Å². The molecule has 4 nitrogen and oxygen atoms in total. The molecule has 0 saturated heterocycles. The zero-order valence-electron chi connectivity index (χ0n) is 11.6. The first-order valence-corrected chi connectivity index (χ1v) is 6.99. The lowest BCUT2D eigenvalue weighted by atomic mass is 10.1. The third kappa shape index (κ3) is 3.36. The molecular weight excluding hydrogens is 272 g/mol. The molecule has 1 unspecified atom stereocenters. The Morgan fingerprint density at radius 2 is 2.20 bits per heavy atom. The summed E-state index contributed by atoms with van der Waals surface area (Å²) in [5.74, 6) is 0.0777. The minimum absolute atomic E-state index is 0.0602. The van der Waals surface area contributed by atoms with Gasteiger partial charge in [0.25, 0.3) is 5.91 Å². The Morgan fingerprint density at radius 1 is 1.45 bits per heavy atom. The van der Waals surface area contributed by atoms with Crippen LogP contribution in [0.25, 0.3) is 11.0 Å². The largest absolute Gasteiger partial charge is 0.451 e. The van der Waals surface area contributed by atoms with Crippen LogP contribution in [0.5, 0.6) is 0 Å². The van der Waals surface area contributed by atoms with Crippen molar-refractivity contribution in [2.75, 3.05) is 0 Å². The van der Waals surface area contributed by atoms with Crippen LogP contribution < -0.4 is 11.1 Å². The Kier molecular flexibility index (Phi) is 4.39. The third-order valence-electron chi connectivity index (χ3n) is 3.17. The first-order valence-electron chi connectivity index (χ1n) is 6.59. The molecule has 1 amide bonds. The van der Waals surface area contributed by atoms with Gasteiger partial charge in [0.2, 0.25) is 0 Å². The summed E-state index contributed by atoms with van der Waals surface area (Å²) in [5.41, 5.74) is 7.36. The van der Waals surface area contributed by atoms with Crippen LogP contribution in [-0.2, 0) is 0 Å². The standard InChI is InChI=1S/C15H18N2O2S/c1-3-11(8-14(16)20)17-15(18)13-7-10-6-9(2)4-5-12(10)19-13/h4-7,11H,3,8H2,1-2H3,(H2,16,20)(H,17,18). The lowest BCUT2D eigenvalue weighted by molar-refractivity contribution is 0.0911. The fraction of sp³-hybridized carbons (Fsp3) is 0.333. The van der Waals surface area contributed by atoms with Gasteiger partial charge in [0.15, 0.2) is 5.76 Å². The second kappa shape index (κ2) is 6.05. The molecule has 1 heterocycles. The highest BCUT2D eigenvalue weighted by Gasteiger charge is 2.16. The van der Waals surface area contributed by atoms with Crippen LogP contribution in [0.1, 0.15) is 35.9 Å². The molecule has 0 bridgehead atoms. The van der Waals surface area contributed by atoms with E-state index in [4.69, 9.17) is 22.4 Å². The number of rotatable bonds is 5. The summed E-state index contributed by atoms with van der Waals surface area (Å²) in [6.45, 7) is 3.98. The quantitative estimate of drug-likeness (QED) is 0.831.